The summed E-state index contributed by atoms with van der Waals surface area (Å²) in [5.74, 6) is -2.78. The van der Waals surface area contributed by atoms with Crippen molar-refractivity contribution in [3.63, 3.8) is 0 Å². The van der Waals surface area contributed by atoms with Crippen LogP contribution < -0.4 is 15.7 Å². The molecule has 3 unspecified atom stereocenters. The van der Waals surface area contributed by atoms with Gasteiger partial charge in [-0.25, -0.2) is 9.59 Å². The van der Waals surface area contributed by atoms with Crippen LogP contribution in [-0.4, -0.2) is 42.0 Å². The highest BCUT2D eigenvalue weighted by molar-refractivity contribution is 7.13. The molecule has 13 heteroatoms. The molecular weight excluding hydrogens is 519 g/mol. The van der Waals surface area contributed by atoms with Crippen LogP contribution in [0.1, 0.15) is 66.1 Å². The van der Waals surface area contributed by atoms with Gasteiger partial charge in [-0.15, -0.1) is 11.3 Å². The maximum Gasteiger partial charge on any atom is 0.410 e. The molecule has 3 N–H and O–H groups in total. The van der Waals surface area contributed by atoms with E-state index in [1.807, 2.05) is 0 Å². The third-order valence-electron chi connectivity index (χ3n) is 5.36. The van der Waals surface area contributed by atoms with Crippen LogP contribution in [0.2, 0.25) is 0 Å². The molecule has 0 fully saturated rings. The van der Waals surface area contributed by atoms with E-state index in [9.17, 15) is 37.8 Å². The lowest BCUT2D eigenvalue weighted by atomic mass is 9.93. The minimum absolute atomic E-state index is 0.134. The number of halogens is 3. The topological polar surface area (TPSA) is 135 Å². The number of aromatic hydroxyl groups is 1. The fourth-order valence-electron chi connectivity index (χ4n) is 3.18. The van der Waals surface area contributed by atoms with E-state index in [4.69, 9.17) is 9.15 Å². The Hall–Kier alpha value is -3.32. The molecule has 2 aromatic heterocycles. The molecule has 37 heavy (non-hydrogen) atoms. The molecule has 0 aliphatic heterocycles. The van der Waals surface area contributed by atoms with E-state index < -0.39 is 60.0 Å². The number of alkyl carbamates (subject to hydrolysis) is 1. The molecule has 0 saturated carbocycles. The van der Waals surface area contributed by atoms with Crippen molar-refractivity contribution >= 4 is 23.2 Å². The number of hydrogen-bond donors (Lipinski definition) is 3. The Kier molecular flexibility index (Phi) is 10.7. The van der Waals surface area contributed by atoms with Crippen molar-refractivity contribution in [2.45, 2.75) is 51.3 Å². The number of amides is 1. The minimum atomic E-state index is -4.36. The van der Waals surface area contributed by atoms with E-state index in [2.05, 4.69) is 10.1 Å². The van der Waals surface area contributed by atoms with Crippen molar-refractivity contribution in [2.75, 3.05) is 13.7 Å². The predicted molar refractivity (Wildman–Crippen MR) is 128 cm³/mol. The molecular formula is C24H28F3NO8S. The predicted octanol–water partition coefficient (Wildman–Crippen LogP) is 5.04. The number of alkyl halides is 3. The van der Waals surface area contributed by atoms with Crippen molar-refractivity contribution in [1.29, 1.82) is 0 Å². The third kappa shape index (κ3) is 8.93. The van der Waals surface area contributed by atoms with Gasteiger partial charge in [-0.05, 0) is 25.0 Å². The molecule has 0 radical (unpaired) electrons. The first kappa shape index (κ1) is 29.9. The quantitative estimate of drug-likeness (QED) is 0.315. The summed E-state index contributed by atoms with van der Waals surface area (Å²) in [4.78, 5) is 36.7. The second-order valence-electron chi connectivity index (χ2n) is 8.18. The molecule has 0 aliphatic rings. The monoisotopic (exact) mass is 547 g/mol. The number of aliphatic hydroxyl groups excluding tert-OH is 1. The molecule has 0 aromatic carbocycles. The zero-order valence-electron chi connectivity index (χ0n) is 20.3. The average Bonchev–Trinajstić information content (AvgIpc) is 3.29. The van der Waals surface area contributed by atoms with Crippen LogP contribution in [0, 0.1) is 5.92 Å². The van der Waals surface area contributed by atoms with Crippen LogP contribution in [0.4, 0.5) is 18.0 Å². The summed E-state index contributed by atoms with van der Waals surface area (Å²) >= 11 is 0.870. The zero-order chi connectivity index (χ0) is 27.8. The molecule has 3 atom stereocenters. The number of nitrogens with one attached hydrogen (secondary N) is 1. The van der Waals surface area contributed by atoms with Crippen LogP contribution in [0.5, 0.6) is 10.8 Å². The van der Waals surface area contributed by atoms with Crippen molar-refractivity contribution in [3.05, 3.63) is 57.1 Å². The first-order valence-corrected chi connectivity index (χ1v) is 12.0. The molecule has 204 valence electrons. The van der Waals surface area contributed by atoms with Gasteiger partial charge in [0.1, 0.15) is 17.1 Å². The number of Topliss-reactive ketones (excluding diaryl/α,β-unsaturated/α-hetero) is 1. The van der Waals surface area contributed by atoms with E-state index in [-0.39, 0.29) is 21.6 Å². The molecule has 0 bridgehead atoms. The van der Waals surface area contributed by atoms with Crippen LogP contribution in [0.3, 0.4) is 0 Å². The molecule has 2 heterocycles. The van der Waals surface area contributed by atoms with Gasteiger partial charge in [0.2, 0.25) is 0 Å². The Labute approximate surface area is 214 Å². The summed E-state index contributed by atoms with van der Waals surface area (Å²) in [6.07, 6.45) is -3.44. The van der Waals surface area contributed by atoms with Crippen molar-refractivity contribution in [3.8, 4) is 10.8 Å². The molecule has 2 aromatic rings. The third-order valence-corrected chi connectivity index (χ3v) is 6.43. The van der Waals surface area contributed by atoms with Crippen LogP contribution >= 0.6 is 11.3 Å². The van der Waals surface area contributed by atoms with E-state index in [0.29, 0.717) is 12.8 Å². The Bertz CT molecular complexity index is 1160. The van der Waals surface area contributed by atoms with Gasteiger partial charge in [0.05, 0.1) is 32.2 Å². The maximum atomic E-state index is 12.9. The van der Waals surface area contributed by atoms with E-state index in [1.165, 1.54) is 38.4 Å². The zero-order valence-corrected chi connectivity index (χ0v) is 21.1. The number of carbonyl (C=O) groups is 2. The van der Waals surface area contributed by atoms with Gasteiger partial charge in [0.25, 0.3) is 0 Å². The lowest BCUT2D eigenvalue weighted by molar-refractivity contribution is -0.139. The highest BCUT2D eigenvalue weighted by Gasteiger charge is 2.31. The van der Waals surface area contributed by atoms with Crippen molar-refractivity contribution in [1.82, 2.24) is 5.32 Å². The number of methoxy groups -OCH3 is 1. The first-order chi connectivity index (χ1) is 17.3. The summed E-state index contributed by atoms with van der Waals surface area (Å²) < 4.78 is 51.5. The number of thiophene rings is 1. The van der Waals surface area contributed by atoms with Gasteiger partial charge in [-0.1, -0.05) is 19.9 Å². The van der Waals surface area contributed by atoms with E-state index in [1.54, 1.807) is 13.0 Å². The van der Waals surface area contributed by atoms with Crippen LogP contribution in [0.15, 0.2) is 39.7 Å². The summed E-state index contributed by atoms with van der Waals surface area (Å²) in [5.41, 5.74) is -1.67. The smallest absolute Gasteiger partial charge is 0.410 e. The fourth-order valence-corrected chi connectivity index (χ4v) is 4.15. The SMILES string of the molecule is COC(=O)N/C=C/CCC(C)c1cc(O)c(C(=O)C(C)C(O)c2ccc(OCCC(F)(F)F)s2)c(=O)o1. The highest BCUT2D eigenvalue weighted by atomic mass is 32.1. The van der Waals surface area contributed by atoms with Gasteiger partial charge < -0.3 is 24.1 Å². The second-order valence-corrected chi connectivity index (χ2v) is 9.26. The normalized spacial score (nSPS) is 14.2. The molecule has 0 spiro atoms. The molecule has 0 aliphatic carbocycles. The lowest BCUT2D eigenvalue weighted by Gasteiger charge is -2.17. The Morgan fingerprint density at radius 2 is 1.97 bits per heavy atom. The fraction of sp³-hybridized carbons (Fsp3) is 0.458. The van der Waals surface area contributed by atoms with Gasteiger partial charge in [-0.2, -0.15) is 13.2 Å². The van der Waals surface area contributed by atoms with Gasteiger partial charge in [0, 0.05) is 23.1 Å². The van der Waals surface area contributed by atoms with Gasteiger partial charge >= 0.3 is 17.9 Å². The summed E-state index contributed by atoms with van der Waals surface area (Å²) in [5, 5.41) is 23.5. The number of hydrogen-bond acceptors (Lipinski definition) is 9. The standard InChI is InChI=1S/C24H28F3NO8S/c1-13(6-4-5-10-28-23(33)34-3)16-12-15(29)19(22(32)36-16)21(31)14(2)20(30)17-7-8-18(37-17)35-11-9-24(25,26)27/h5,7-8,10,12-14,20,29-30H,4,6,9,11H2,1-3H3,(H,28,33)/b10-5+. The van der Waals surface area contributed by atoms with Crippen LogP contribution in [-0.2, 0) is 4.74 Å². The van der Waals surface area contributed by atoms with Gasteiger partial charge in [-0.3, -0.25) is 10.1 Å². The summed E-state index contributed by atoms with van der Waals surface area (Å²) in [6, 6.07) is 3.95. The number of ether oxygens (including phenoxy) is 2. The minimum Gasteiger partial charge on any atom is -0.507 e. The van der Waals surface area contributed by atoms with Crippen molar-refractivity contribution < 1.29 is 46.9 Å². The van der Waals surface area contributed by atoms with Crippen LogP contribution in [0.25, 0.3) is 0 Å². The lowest BCUT2D eigenvalue weighted by Crippen LogP contribution is -2.25. The van der Waals surface area contributed by atoms with E-state index >= 15 is 0 Å². The maximum absolute atomic E-state index is 12.9. The number of carbonyl (C=O) groups excluding carboxylic acids is 2. The molecule has 9 nitrogen and oxygen atoms in total. The van der Waals surface area contributed by atoms with Gasteiger partial charge in [0.15, 0.2) is 10.8 Å². The molecule has 2 rings (SSSR count). The highest BCUT2D eigenvalue weighted by Crippen LogP contribution is 2.35. The number of ketones is 1. The first-order valence-electron chi connectivity index (χ1n) is 11.2. The molecule has 0 saturated heterocycles. The Morgan fingerprint density at radius 3 is 2.59 bits per heavy atom. The average molecular weight is 548 g/mol. The number of rotatable bonds is 12. The van der Waals surface area contributed by atoms with Crippen molar-refractivity contribution in [2.24, 2.45) is 5.92 Å². The molecule has 1 amide bonds. The Morgan fingerprint density at radius 1 is 1.27 bits per heavy atom. The second kappa shape index (κ2) is 13.3. The number of allylic oxidation sites excluding steroid dienone is 1. The largest absolute Gasteiger partial charge is 0.507 e. The van der Waals surface area contributed by atoms with E-state index in [0.717, 1.165) is 11.3 Å². The Balaban J connectivity index is 2.04. The number of aliphatic hydroxyl groups is 1. The summed E-state index contributed by atoms with van der Waals surface area (Å²) in [7, 11) is 1.23. The summed E-state index contributed by atoms with van der Waals surface area (Å²) in [6.45, 7) is 2.51.